The standard InChI is InChI=1S/C13H15IN4O/c1-7(12(19)16-9-3-4-9)18-11-5-2-8(14)6-10(11)17-13(18)15/h2,5-7,9H,3-4H2,1H3,(H2,15,17)(H,16,19). The normalized spacial score (nSPS) is 16.5. The average molecular weight is 370 g/mol. The average Bonchev–Trinajstić information content (AvgIpc) is 3.10. The summed E-state index contributed by atoms with van der Waals surface area (Å²) in [7, 11) is 0. The summed E-state index contributed by atoms with van der Waals surface area (Å²) < 4.78 is 2.90. The van der Waals surface area contributed by atoms with Gasteiger partial charge in [0.15, 0.2) is 0 Å². The molecule has 1 fully saturated rings. The lowest BCUT2D eigenvalue weighted by Gasteiger charge is -2.15. The molecule has 6 heteroatoms. The summed E-state index contributed by atoms with van der Waals surface area (Å²) in [4.78, 5) is 16.5. The summed E-state index contributed by atoms with van der Waals surface area (Å²) in [5, 5.41) is 3.00. The first kappa shape index (κ1) is 12.7. The molecule has 0 saturated heterocycles. The number of halogens is 1. The van der Waals surface area contributed by atoms with Crippen molar-refractivity contribution >= 4 is 45.5 Å². The Morgan fingerprint density at radius 1 is 1.58 bits per heavy atom. The van der Waals surface area contributed by atoms with E-state index in [1.165, 1.54) is 0 Å². The molecule has 2 aromatic rings. The van der Waals surface area contributed by atoms with Gasteiger partial charge in [0, 0.05) is 9.61 Å². The molecule has 3 N–H and O–H groups in total. The number of fused-ring (bicyclic) bond motifs is 1. The minimum Gasteiger partial charge on any atom is -0.369 e. The number of amides is 1. The molecule has 3 rings (SSSR count). The van der Waals surface area contributed by atoms with Crippen molar-refractivity contribution in [1.82, 2.24) is 14.9 Å². The number of nitrogens with two attached hydrogens (primary N) is 1. The van der Waals surface area contributed by atoms with Crippen molar-refractivity contribution in [3.63, 3.8) is 0 Å². The molecule has 1 aliphatic carbocycles. The molecule has 1 aromatic carbocycles. The van der Waals surface area contributed by atoms with E-state index in [1.807, 2.05) is 25.1 Å². The van der Waals surface area contributed by atoms with Crippen LogP contribution in [-0.4, -0.2) is 21.5 Å². The number of rotatable bonds is 3. The zero-order chi connectivity index (χ0) is 13.6. The molecule has 19 heavy (non-hydrogen) atoms. The van der Waals surface area contributed by atoms with E-state index < -0.39 is 0 Å². The lowest BCUT2D eigenvalue weighted by Crippen LogP contribution is -2.32. The SMILES string of the molecule is CC(C(=O)NC1CC1)n1c(N)nc2cc(I)ccc21. The Bertz CT molecular complexity index is 647. The summed E-state index contributed by atoms with van der Waals surface area (Å²) in [6.07, 6.45) is 2.16. The van der Waals surface area contributed by atoms with Crippen LogP contribution in [0.4, 0.5) is 5.95 Å². The molecule has 1 amide bonds. The second kappa shape index (κ2) is 4.66. The van der Waals surface area contributed by atoms with E-state index in [9.17, 15) is 4.79 Å². The van der Waals surface area contributed by atoms with Crippen LogP contribution in [-0.2, 0) is 4.79 Å². The van der Waals surface area contributed by atoms with Crippen LogP contribution >= 0.6 is 22.6 Å². The summed E-state index contributed by atoms with van der Waals surface area (Å²) >= 11 is 2.23. The summed E-state index contributed by atoms with van der Waals surface area (Å²) in [6.45, 7) is 1.85. The molecule has 0 radical (unpaired) electrons. The number of nitrogens with zero attached hydrogens (tertiary/aromatic N) is 2. The summed E-state index contributed by atoms with van der Waals surface area (Å²) in [5.74, 6) is 0.391. The third-order valence-electron chi connectivity index (χ3n) is 3.37. The molecule has 1 aliphatic rings. The van der Waals surface area contributed by atoms with Gasteiger partial charge in [0.05, 0.1) is 11.0 Å². The first-order chi connectivity index (χ1) is 9.06. The number of imidazole rings is 1. The van der Waals surface area contributed by atoms with E-state index in [2.05, 4.69) is 32.9 Å². The molecule has 1 saturated carbocycles. The van der Waals surface area contributed by atoms with Crippen molar-refractivity contribution in [1.29, 1.82) is 0 Å². The minimum absolute atomic E-state index is 0.00653. The zero-order valence-corrected chi connectivity index (χ0v) is 12.7. The smallest absolute Gasteiger partial charge is 0.243 e. The van der Waals surface area contributed by atoms with Crippen molar-refractivity contribution in [3.05, 3.63) is 21.8 Å². The van der Waals surface area contributed by atoms with Gasteiger partial charge in [0.1, 0.15) is 6.04 Å². The molecular weight excluding hydrogens is 355 g/mol. The van der Waals surface area contributed by atoms with Gasteiger partial charge in [-0.2, -0.15) is 0 Å². The Labute approximate surface area is 124 Å². The lowest BCUT2D eigenvalue weighted by atomic mass is 10.2. The van der Waals surface area contributed by atoms with Gasteiger partial charge in [-0.3, -0.25) is 9.36 Å². The summed E-state index contributed by atoms with van der Waals surface area (Å²) in [5.41, 5.74) is 7.69. The van der Waals surface area contributed by atoms with Crippen molar-refractivity contribution in [2.24, 2.45) is 0 Å². The van der Waals surface area contributed by atoms with Gasteiger partial charge >= 0.3 is 0 Å². The van der Waals surface area contributed by atoms with Crippen LogP contribution in [0.1, 0.15) is 25.8 Å². The maximum Gasteiger partial charge on any atom is 0.243 e. The Hall–Kier alpha value is -1.31. The molecule has 0 bridgehead atoms. The van der Waals surface area contributed by atoms with Crippen LogP contribution in [0.25, 0.3) is 11.0 Å². The topological polar surface area (TPSA) is 72.9 Å². The third-order valence-corrected chi connectivity index (χ3v) is 4.04. The molecule has 1 atom stereocenters. The number of carbonyl (C=O) groups is 1. The predicted octanol–water partition coefficient (Wildman–Crippen LogP) is 2.06. The van der Waals surface area contributed by atoms with Crippen LogP contribution in [0.2, 0.25) is 0 Å². The van der Waals surface area contributed by atoms with Gasteiger partial charge in [-0.25, -0.2) is 4.98 Å². The second-order valence-corrected chi connectivity index (χ2v) is 6.18. The van der Waals surface area contributed by atoms with Gasteiger partial charge in [0.2, 0.25) is 11.9 Å². The third kappa shape index (κ3) is 2.41. The van der Waals surface area contributed by atoms with Gasteiger partial charge in [0.25, 0.3) is 0 Å². The van der Waals surface area contributed by atoms with E-state index >= 15 is 0 Å². The number of hydrogen-bond donors (Lipinski definition) is 2. The van der Waals surface area contributed by atoms with Crippen LogP contribution < -0.4 is 11.1 Å². The zero-order valence-electron chi connectivity index (χ0n) is 10.6. The molecule has 100 valence electrons. The monoisotopic (exact) mass is 370 g/mol. The van der Waals surface area contributed by atoms with E-state index in [4.69, 9.17) is 5.73 Å². The fourth-order valence-electron chi connectivity index (χ4n) is 2.16. The number of nitrogen functional groups attached to an aromatic ring is 1. The Balaban J connectivity index is 1.98. The minimum atomic E-state index is -0.342. The van der Waals surface area contributed by atoms with Crippen LogP contribution in [0, 0.1) is 3.57 Å². The maximum absolute atomic E-state index is 12.1. The Kier molecular flexibility index (Phi) is 3.12. The van der Waals surface area contributed by atoms with Crippen molar-refractivity contribution in [2.45, 2.75) is 31.8 Å². The Morgan fingerprint density at radius 2 is 2.32 bits per heavy atom. The number of carbonyl (C=O) groups excluding carboxylic acids is 1. The Morgan fingerprint density at radius 3 is 3.00 bits per heavy atom. The molecule has 0 aliphatic heterocycles. The quantitative estimate of drug-likeness (QED) is 0.813. The highest BCUT2D eigenvalue weighted by Gasteiger charge is 2.27. The predicted molar refractivity (Wildman–Crippen MR) is 82.7 cm³/mol. The number of hydrogen-bond acceptors (Lipinski definition) is 3. The number of anilines is 1. The van der Waals surface area contributed by atoms with Gasteiger partial charge in [-0.1, -0.05) is 0 Å². The highest BCUT2D eigenvalue weighted by Crippen LogP contribution is 2.26. The fourth-order valence-corrected chi connectivity index (χ4v) is 2.64. The highest BCUT2D eigenvalue weighted by molar-refractivity contribution is 14.1. The molecule has 1 aromatic heterocycles. The second-order valence-electron chi connectivity index (χ2n) is 4.93. The molecule has 1 unspecified atom stereocenters. The first-order valence-electron chi connectivity index (χ1n) is 6.29. The van der Waals surface area contributed by atoms with E-state index in [0.717, 1.165) is 27.4 Å². The van der Waals surface area contributed by atoms with Crippen LogP contribution in [0.3, 0.4) is 0 Å². The number of aromatic nitrogens is 2. The number of nitrogens with one attached hydrogen (secondary N) is 1. The molecule has 1 heterocycles. The molecule has 0 spiro atoms. The highest BCUT2D eigenvalue weighted by atomic mass is 127. The van der Waals surface area contributed by atoms with Crippen LogP contribution in [0.5, 0.6) is 0 Å². The maximum atomic E-state index is 12.1. The first-order valence-corrected chi connectivity index (χ1v) is 7.37. The van der Waals surface area contributed by atoms with Gasteiger partial charge in [-0.05, 0) is 60.6 Å². The van der Waals surface area contributed by atoms with Crippen molar-refractivity contribution < 1.29 is 4.79 Å². The summed E-state index contributed by atoms with van der Waals surface area (Å²) in [6, 6.07) is 5.93. The molecular formula is C13H15IN4O. The van der Waals surface area contributed by atoms with Crippen molar-refractivity contribution in [2.75, 3.05) is 5.73 Å². The largest absolute Gasteiger partial charge is 0.369 e. The lowest BCUT2D eigenvalue weighted by molar-refractivity contribution is -0.123. The number of benzene rings is 1. The van der Waals surface area contributed by atoms with Gasteiger partial charge < -0.3 is 11.1 Å². The van der Waals surface area contributed by atoms with Crippen LogP contribution in [0.15, 0.2) is 18.2 Å². The van der Waals surface area contributed by atoms with Crippen molar-refractivity contribution in [3.8, 4) is 0 Å². The van der Waals surface area contributed by atoms with E-state index in [1.54, 1.807) is 4.57 Å². The molecule has 5 nitrogen and oxygen atoms in total. The van der Waals surface area contributed by atoms with Gasteiger partial charge in [-0.15, -0.1) is 0 Å². The van der Waals surface area contributed by atoms with E-state index in [0.29, 0.717) is 12.0 Å². The fraction of sp³-hybridized carbons (Fsp3) is 0.385. The van der Waals surface area contributed by atoms with E-state index in [-0.39, 0.29) is 11.9 Å².